The van der Waals surface area contributed by atoms with Gasteiger partial charge < -0.3 is 5.32 Å². The van der Waals surface area contributed by atoms with Crippen molar-refractivity contribution in [2.24, 2.45) is 0 Å². The predicted molar refractivity (Wildman–Crippen MR) is 80.8 cm³/mol. The van der Waals surface area contributed by atoms with Crippen molar-refractivity contribution in [2.75, 3.05) is 11.9 Å². The van der Waals surface area contributed by atoms with Crippen molar-refractivity contribution in [3.8, 4) is 0 Å². The number of hydrogen-bond donors (Lipinski definition) is 1. The third kappa shape index (κ3) is 2.58. The van der Waals surface area contributed by atoms with Crippen LogP contribution in [0.25, 0.3) is 10.9 Å². The third-order valence-corrected chi connectivity index (χ3v) is 3.79. The van der Waals surface area contributed by atoms with Gasteiger partial charge in [-0.05, 0) is 18.6 Å². The van der Waals surface area contributed by atoms with Gasteiger partial charge in [-0.15, -0.1) is 11.3 Å². The van der Waals surface area contributed by atoms with Crippen LogP contribution in [0.5, 0.6) is 0 Å². The van der Waals surface area contributed by atoms with Crippen molar-refractivity contribution in [1.82, 2.24) is 9.97 Å². The van der Waals surface area contributed by atoms with E-state index in [1.165, 1.54) is 10.9 Å². The van der Waals surface area contributed by atoms with E-state index >= 15 is 0 Å². The van der Waals surface area contributed by atoms with Crippen LogP contribution >= 0.6 is 11.3 Å². The highest BCUT2D eigenvalue weighted by molar-refractivity contribution is 7.07. The van der Waals surface area contributed by atoms with Crippen LogP contribution in [0, 0.1) is 6.92 Å². The molecular weight excluding hydrogens is 254 g/mol. The smallest absolute Gasteiger partial charge is 0.0794 e. The average molecular weight is 269 g/mol. The summed E-state index contributed by atoms with van der Waals surface area (Å²) in [5.74, 6) is 0. The lowest BCUT2D eigenvalue weighted by Gasteiger charge is -2.09. The molecule has 0 aliphatic heterocycles. The molecule has 1 N–H and O–H groups in total. The van der Waals surface area contributed by atoms with Crippen LogP contribution in [-0.2, 0) is 6.42 Å². The van der Waals surface area contributed by atoms with E-state index in [9.17, 15) is 0 Å². The van der Waals surface area contributed by atoms with Gasteiger partial charge in [0.2, 0.25) is 0 Å². The lowest BCUT2D eigenvalue weighted by molar-refractivity contribution is 0.978. The lowest BCUT2D eigenvalue weighted by Crippen LogP contribution is -2.05. The Morgan fingerprint density at radius 2 is 2.16 bits per heavy atom. The molecule has 2 heterocycles. The Kier molecular flexibility index (Phi) is 3.42. The summed E-state index contributed by atoms with van der Waals surface area (Å²) < 4.78 is 0. The number of nitrogens with zero attached hydrogens (tertiary/aromatic N) is 2. The summed E-state index contributed by atoms with van der Waals surface area (Å²) in [6.45, 7) is 2.98. The van der Waals surface area contributed by atoms with Crippen molar-refractivity contribution < 1.29 is 0 Å². The SMILES string of the molecule is Cc1cccc2c(NCCc3cscn3)ccnc12. The van der Waals surface area contributed by atoms with Gasteiger partial charge in [-0.1, -0.05) is 18.2 Å². The first-order chi connectivity index (χ1) is 9.34. The van der Waals surface area contributed by atoms with Crippen molar-refractivity contribution in [2.45, 2.75) is 13.3 Å². The summed E-state index contributed by atoms with van der Waals surface area (Å²) in [6, 6.07) is 8.31. The minimum atomic E-state index is 0.886. The molecule has 2 aromatic heterocycles. The highest BCUT2D eigenvalue weighted by atomic mass is 32.1. The van der Waals surface area contributed by atoms with Crippen molar-refractivity contribution >= 4 is 27.9 Å². The van der Waals surface area contributed by atoms with Crippen molar-refractivity contribution in [1.29, 1.82) is 0 Å². The molecule has 3 rings (SSSR count). The Morgan fingerprint density at radius 1 is 1.21 bits per heavy atom. The number of hydrogen-bond acceptors (Lipinski definition) is 4. The van der Waals surface area contributed by atoms with E-state index < -0.39 is 0 Å². The minimum Gasteiger partial charge on any atom is -0.384 e. The summed E-state index contributed by atoms with van der Waals surface area (Å²) in [5.41, 5.74) is 6.44. The van der Waals surface area contributed by atoms with Crippen LogP contribution in [0.4, 0.5) is 5.69 Å². The third-order valence-electron chi connectivity index (χ3n) is 3.15. The van der Waals surface area contributed by atoms with Crippen molar-refractivity contribution in [3.05, 3.63) is 52.6 Å². The van der Waals surface area contributed by atoms with Gasteiger partial charge in [-0.2, -0.15) is 0 Å². The van der Waals surface area contributed by atoms with E-state index in [0.29, 0.717) is 0 Å². The fourth-order valence-corrected chi connectivity index (χ4v) is 2.76. The van der Waals surface area contributed by atoms with Gasteiger partial charge in [0.1, 0.15) is 0 Å². The number of benzene rings is 1. The number of rotatable bonds is 4. The molecule has 4 heteroatoms. The number of aromatic nitrogens is 2. The fraction of sp³-hybridized carbons (Fsp3) is 0.200. The van der Waals surface area contributed by atoms with Gasteiger partial charge in [0.15, 0.2) is 0 Å². The summed E-state index contributed by atoms with van der Waals surface area (Å²) in [5, 5.41) is 6.75. The normalized spacial score (nSPS) is 10.8. The monoisotopic (exact) mass is 269 g/mol. The summed E-state index contributed by atoms with van der Waals surface area (Å²) in [4.78, 5) is 8.74. The zero-order chi connectivity index (χ0) is 13.1. The van der Waals surface area contributed by atoms with Crippen LogP contribution in [0.3, 0.4) is 0 Å². The molecule has 1 aromatic carbocycles. The minimum absolute atomic E-state index is 0.886. The second-order valence-corrected chi connectivity index (χ2v) is 5.20. The molecular formula is C15H15N3S. The Balaban J connectivity index is 1.79. The van der Waals surface area contributed by atoms with Gasteiger partial charge in [0.05, 0.1) is 16.7 Å². The van der Waals surface area contributed by atoms with Crippen molar-refractivity contribution in [3.63, 3.8) is 0 Å². The molecule has 0 bridgehead atoms. The number of para-hydroxylation sites is 1. The largest absolute Gasteiger partial charge is 0.384 e. The van der Waals surface area contributed by atoms with Crippen LogP contribution in [0.1, 0.15) is 11.3 Å². The maximum Gasteiger partial charge on any atom is 0.0794 e. The molecule has 0 saturated carbocycles. The molecule has 0 aliphatic carbocycles. The quantitative estimate of drug-likeness (QED) is 0.785. The number of pyridine rings is 1. The van der Waals surface area contributed by atoms with E-state index in [-0.39, 0.29) is 0 Å². The van der Waals surface area contributed by atoms with E-state index in [1.54, 1.807) is 11.3 Å². The number of thiazole rings is 1. The van der Waals surface area contributed by atoms with Crippen LogP contribution in [0.15, 0.2) is 41.4 Å². The Morgan fingerprint density at radius 3 is 3.00 bits per heavy atom. The van der Waals surface area contributed by atoms with Crippen LogP contribution in [0.2, 0.25) is 0 Å². The summed E-state index contributed by atoms with van der Waals surface area (Å²) in [6.07, 6.45) is 2.81. The van der Waals surface area contributed by atoms with Gasteiger partial charge in [0.25, 0.3) is 0 Å². The van der Waals surface area contributed by atoms with E-state index in [4.69, 9.17) is 0 Å². The zero-order valence-corrected chi connectivity index (χ0v) is 11.6. The fourth-order valence-electron chi connectivity index (χ4n) is 2.16. The first kappa shape index (κ1) is 12.1. The summed E-state index contributed by atoms with van der Waals surface area (Å²) in [7, 11) is 0. The van der Waals surface area contributed by atoms with Gasteiger partial charge >= 0.3 is 0 Å². The maximum absolute atomic E-state index is 4.45. The van der Waals surface area contributed by atoms with Crippen LogP contribution in [-0.4, -0.2) is 16.5 Å². The number of anilines is 1. The lowest BCUT2D eigenvalue weighted by atomic mass is 10.1. The molecule has 0 spiro atoms. The first-order valence-corrected chi connectivity index (χ1v) is 7.24. The second-order valence-electron chi connectivity index (χ2n) is 4.49. The summed E-state index contributed by atoms with van der Waals surface area (Å²) >= 11 is 1.64. The maximum atomic E-state index is 4.45. The molecule has 3 nitrogen and oxygen atoms in total. The van der Waals surface area contributed by atoms with E-state index in [1.807, 2.05) is 17.8 Å². The molecule has 0 atom stereocenters. The predicted octanol–water partition coefficient (Wildman–Crippen LogP) is 3.65. The second kappa shape index (κ2) is 5.36. The van der Waals surface area contributed by atoms with E-state index in [2.05, 4.69) is 45.8 Å². The molecule has 3 aromatic rings. The van der Waals surface area contributed by atoms with Gasteiger partial charge in [-0.3, -0.25) is 4.98 Å². The molecule has 0 unspecified atom stereocenters. The molecule has 0 radical (unpaired) electrons. The van der Waals surface area contributed by atoms with Gasteiger partial charge in [-0.25, -0.2) is 4.98 Å². The highest BCUT2D eigenvalue weighted by Crippen LogP contribution is 2.23. The number of fused-ring (bicyclic) bond motifs is 1. The Labute approximate surface area is 116 Å². The average Bonchev–Trinajstić information content (AvgIpc) is 2.93. The van der Waals surface area contributed by atoms with Gasteiger partial charge in [0, 0.05) is 35.6 Å². The Bertz CT molecular complexity index is 677. The Hall–Kier alpha value is -1.94. The zero-order valence-electron chi connectivity index (χ0n) is 10.8. The molecule has 96 valence electrons. The molecule has 0 aliphatic rings. The molecule has 0 amide bonds. The topological polar surface area (TPSA) is 37.8 Å². The number of nitrogens with one attached hydrogen (secondary N) is 1. The standard InChI is InChI=1S/C15H15N3S/c1-11-3-2-4-13-14(6-8-17-15(11)13)16-7-5-12-9-19-10-18-12/h2-4,6,8-10H,5,7H2,1H3,(H,16,17). The molecule has 0 saturated heterocycles. The molecule has 19 heavy (non-hydrogen) atoms. The molecule has 0 fully saturated rings. The first-order valence-electron chi connectivity index (χ1n) is 6.30. The highest BCUT2D eigenvalue weighted by Gasteiger charge is 2.03. The van der Waals surface area contributed by atoms with Crippen LogP contribution < -0.4 is 5.32 Å². The number of aryl methyl sites for hydroxylation is 1. The van der Waals surface area contributed by atoms with E-state index in [0.717, 1.165) is 29.9 Å².